The van der Waals surface area contributed by atoms with Crippen molar-refractivity contribution in [1.29, 1.82) is 0 Å². The molecule has 294 valence electrons. The van der Waals surface area contributed by atoms with Gasteiger partial charge in [0.2, 0.25) is 0 Å². The first-order valence-electron chi connectivity index (χ1n) is 19.1. The average molecular weight is 763 g/mol. The van der Waals surface area contributed by atoms with Gasteiger partial charge in [0.05, 0.1) is 46.2 Å². The molecule has 10 heteroatoms. The molecule has 2 N–H and O–H groups in total. The van der Waals surface area contributed by atoms with Gasteiger partial charge in [-0.2, -0.15) is 0 Å². The number of rotatable bonds is 18. The van der Waals surface area contributed by atoms with E-state index in [1.807, 2.05) is 152 Å². The number of benzene rings is 5. The molecule has 0 saturated carbocycles. The van der Waals surface area contributed by atoms with Gasteiger partial charge in [-0.3, -0.25) is 0 Å². The maximum atomic E-state index is 11.9. The van der Waals surface area contributed by atoms with Crippen LogP contribution in [0.3, 0.4) is 0 Å². The minimum Gasteiger partial charge on any atom is -0.387 e. The molecule has 0 bridgehead atoms. The van der Waals surface area contributed by atoms with Crippen LogP contribution in [0.4, 0.5) is 0 Å². The predicted octanol–water partition coefficient (Wildman–Crippen LogP) is 6.36. The summed E-state index contributed by atoms with van der Waals surface area (Å²) in [5.74, 6) is 0. The zero-order chi connectivity index (χ0) is 38.4. The van der Waals surface area contributed by atoms with Crippen molar-refractivity contribution in [3.05, 3.63) is 179 Å². The second-order valence-corrected chi connectivity index (χ2v) is 14.0. The number of aliphatic hydroxyl groups excluding tert-OH is 2. The minimum absolute atomic E-state index is 0.0235. The highest BCUT2D eigenvalue weighted by Gasteiger charge is 2.51. The molecule has 7 rings (SSSR count). The Hall–Kier alpha value is -4.30. The maximum absolute atomic E-state index is 11.9. The van der Waals surface area contributed by atoms with Gasteiger partial charge in [-0.15, -0.1) is 0 Å². The average Bonchev–Trinajstić information content (AvgIpc) is 3.25. The van der Waals surface area contributed by atoms with Crippen LogP contribution in [0.2, 0.25) is 0 Å². The quantitative estimate of drug-likeness (QED) is 0.105. The summed E-state index contributed by atoms with van der Waals surface area (Å²) >= 11 is 0. The van der Waals surface area contributed by atoms with E-state index in [0.29, 0.717) is 6.61 Å². The normalized spacial score (nSPS) is 26.5. The topological polar surface area (TPSA) is 114 Å². The highest BCUT2D eigenvalue weighted by atomic mass is 16.7. The van der Waals surface area contributed by atoms with Crippen LogP contribution in [-0.4, -0.2) is 78.7 Å². The van der Waals surface area contributed by atoms with E-state index in [0.717, 1.165) is 27.8 Å². The van der Waals surface area contributed by atoms with Crippen molar-refractivity contribution in [1.82, 2.24) is 0 Å². The fraction of sp³-hybridized carbons (Fsp3) is 0.348. The van der Waals surface area contributed by atoms with Gasteiger partial charge in [-0.05, 0) is 27.8 Å². The Morgan fingerprint density at radius 1 is 0.464 bits per heavy atom. The van der Waals surface area contributed by atoms with Crippen molar-refractivity contribution in [2.24, 2.45) is 0 Å². The minimum atomic E-state index is -1.28. The third-order valence-electron chi connectivity index (χ3n) is 9.86. The van der Waals surface area contributed by atoms with Gasteiger partial charge in [0, 0.05) is 0 Å². The molecule has 0 aromatic heterocycles. The van der Waals surface area contributed by atoms with Crippen molar-refractivity contribution in [2.45, 2.75) is 88.3 Å². The van der Waals surface area contributed by atoms with Crippen LogP contribution in [0.5, 0.6) is 0 Å². The second-order valence-electron chi connectivity index (χ2n) is 14.0. The molecule has 2 heterocycles. The lowest BCUT2D eigenvalue weighted by Gasteiger charge is -2.47. The van der Waals surface area contributed by atoms with Gasteiger partial charge in [0.1, 0.15) is 42.7 Å². The molecular weight excluding hydrogens is 712 g/mol. The zero-order valence-corrected chi connectivity index (χ0v) is 31.2. The monoisotopic (exact) mass is 762 g/mol. The first kappa shape index (κ1) is 39.9. The Morgan fingerprint density at radius 3 is 1.32 bits per heavy atom. The second kappa shape index (κ2) is 20.7. The lowest BCUT2D eigenvalue weighted by Crippen LogP contribution is -2.63. The summed E-state index contributed by atoms with van der Waals surface area (Å²) in [5.41, 5.74) is 4.73. The zero-order valence-electron chi connectivity index (χ0n) is 31.2. The van der Waals surface area contributed by atoms with Crippen LogP contribution in [-0.2, 0) is 70.9 Å². The molecule has 0 unspecified atom stereocenters. The molecule has 10 nitrogen and oxygen atoms in total. The highest BCUT2D eigenvalue weighted by molar-refractivity contribution is 5.17. The Labute approximate surface area is 328 Å². The molecule has 5 aromatic carbocycles. The van der Waals surface area contributed by atoms with E-state index >= 15 is 0 Å². The Bertz CT molecular complexity index is 1820. The Balaban J connectivity index is 1.16. The van der Waals surface area contributed by atoms with Crippen molar-refractivity contribution in [3.63, 3.8) is 0 Å². The molecule has 9 atom stereocenters. The summed E-state index contributed by atoms with van der Waals surface area (Å²) in [6.07, 6.45) is -8.59. The van der Waals surface area contributed by atoms with Gasteiger partial charge < -0.3 is 48.1 Å². The fourth-order valence-electron chi connectivity index (χ4n) is 6.86. The molecule has 2 aliphatic rings. The van der Waals surface area contributed by atoms with E-state index in [1.165, 1.54) is 0 Å². The molecular formula is C46H50O10. The lowest BCUT2D eigenvalue weighted by molar-refractivity contribution is -0.357. The summed E-state index contributed by atoms with van der Waals surface area (Å²) in [6, 6.07) is 48.8. The summed E-state index contributed by atoms with van der Waals surface area (Å²) in [7, 11) is 0. The SMILES string of the molecule is O[C@H]1[C@H](OCc2ccccc2)[C@H](OCc2ccccc2)[C@@H](O[C@@H]2CO[C@H](O)[C@H](OCc3ccccc3)[C@H]2OCc2ccccc2)O[C@@H]1COCc1ccccc1. The summed E-state index contributed by atoms with van der Waals surface area (Å²) in [4.78, 5) is 0. The van der Waals surface area contributed by atoms with Gasteiger partial charge in [-0.25, -0.2) is 0 Å². The van der Waals surface area contributed by atoms with Crippen molar-refractivity contribution >= 4 is 0 Å². The third kappa shape index (κ3) is 11.2. The van der Waals surface area contributed by atoms with E-state index in [9.17, 15) is 10.2 Å². The molecule has 56 heavy (non-hydrogen) atoms. The summed E-state index contributed by atoms with van der Waals surface area (Å²) in [6.45, 7) is 1.24. The van der Waals surface area contributed by atoms with E-state index in [-0.39, 0.29) is 39.6 Å². The molecule has 2 aliphatic heterocycles. The molecule has 0 amide bonds. The van der Waals surface area contributed by atoms with Crippen LogP contribution in [0.1, 0.15) is 27.8 Å². The largest absolute Gasteiger partial charge is 0.387 e. The predicted molar refractivity (Wildman–Crippen MR) is 208 cm³/mol. The van der Waals surface area contributed by atoms with E-state index in [4.69, 9.17) is 37.9 Å². The van der Waals surface area contributed by atoms with Crippen molar-refractivity contribution in [3.8, 4) is 0 Å². The van der Waals surface area contributed by atoms with E-state index in [2.05, 4.69) is 0 Å². The van der Waals surface area contributed by atoms with Crippen LogP contribution in [0.15, 0.2) is 152 Å². The molecule has 0 aliphatic carbocycles. The standard InChI is InChI=1S/C46H50O10/c47-40-38(31-49-26-33-16-6-1-7-17-33)55-46(44(53-30-37-24-14-5-15-25-37)42(40)51-28-35-20-10-3-11-21-35)56-39-32-54-45(48)43(52-29-36-22-12-4-13-23-36)41(39)50-27-34-18-8-2-9-19-34/h1-25,38-48H,26-32H2/t38-,39-,40-,41+,42+,43-,44+,45+,46-/m1/s1. The van der Waals surface area contributed by atoms with Crippen LogP contribution >= 0.6 is 0 Å². The smallest absolute Gasteiger partial charge is 0.187 e. The van der Waals surface area contributed by atoms with E-state index < -0.39 is 55.3 Å². The third-order valence-corrected chi connectivity index (χ3v) is 9.86. The van der Waals surface area contributed by atoms with Crippen LogP contribution < -0.4 is 0 Å². The Kier molecular flexibility index (Phi) is 14.8. The molecule has 0 spiro atoms. The molecule has 2 saturated heterocycles. The fourth-order valence-corrected chi connectivity index (χ4v) is 6.86. The highest BCUT2D eigenvalue weighted by Crippen LogP contribution is 2.33. The number of hydrogen-bond acceptors (Lipinski definition) is 10. The molecule has 0 radical (unpaired) electrons. The van der Waals surface area contributed by atoms with Gasteiger partial charge in [0.15, 0.2) is 12.6 Å². The summed E-state index contributed by atoms with van der Waals surface area (Å²) in [5, 5.41) is 23.1. The first-order chi connectivity index (χ1) is 27.6. The van der Waals surface area contributed by atoms with Crippen LogP contribution in [0.25, 0.3) is 0 Å². The lowest BCUT2D eigenvalue weighted by atomic mass is 9.97. The van der Waals surface area contributed by atoms with Gasteiger partial charge >= 0.3 is 0 Å². The summed E-state index contributed by atoms with van der Waals surface area (Å²) < 4.78 is 51.5. The number of ether oxygens (including phenoxy) is 8. The Morgan fingerprint density at radius 2 is 0.857 bits per heavy atom. The first-order valence-corrected chi connectivity index (χ1v) is 19.1. The van der Waals surface area contributed by atoms with Crippen molar-refractivity contribution < 1.29 is 48.1 Å². The van der Waals surface area contributed by atoms with Gasteiger partial charge in [0.25, 0.3) is 0 Å². The number of hydrogen-bond donors (Lipinski definition) is 2. The van der Waals surface area contributed by atoms with E-state index in [1.54, 1.807) is 0 Å². The number of aliphatic hydroxyl groups is 2. The van der Waals surface area contributed by atoms with Crippen LogP contribution in [0, 0.1) is 0 Å². The maximum Gasteiger partial charge on any atom is 0.187 e. The molecule has 5 aromatic rings. The van der Waals surface area contributed by atoms with Gasteiger partial charge in [-0.1, -0.05) is 152 Å². The molecule has 2 fully saturated rings. The van der Waals surface area contributed by atoms with Crippen molar-refractivity contribution in [2.75, 3.05) is 13.2 Å².